The van der Waals surface area contributed by atoms with Gasteiger partial charge in [-0.1, -0.05) is 42.0 Å². The van der Waals surface area contributed by atoms with E-state index < -0.39 is 0 Å². The van der Waals surface area contributed by atoms with Gasteiger partial charge in [-0.25, -0.2) is 0 Å². The molecule has 1 aliphatic heterocycles. The maximum absolute atomic E-state index is 6.03. The normalized spacial score (nSPS) is 17.9. The molecule has 1 saturated heterocycles. The monoisotopic (exact) mass is 396 g/mol. The van der Waals surface area contributed by atoms with Crippen LogP contribution in [0.4, 0.5) is 0 Å². The van der Waals surface area contributed by atoms with Crippen molar-refractivity contribution in [2.24, 2.45) is 0 Å². The second-order valence-corrected chi connectivity index (χ2v) is 7.34. The van der Waals surface area contributed by atoms with Crippen LogP contribution in [-0.4, -0.2) is 22.6 Å². The van der Waals surface area contributed by atoms with Crippen LogP contribution in [0.2, 0.25) is 0 Å². The van der Waals surface area contributed by atoms with Gasteiger partial charge in [0.1, 0.15) is 6.23 Å². The number of halogens is 1. The summed E-state index contributed by atoms with van der Waals surface area (Å²) in [6.07, 6.45) is 4.28. The third-order valence-corrected chi connectivity index (χ3v) is 5.26. The number of ether oxygens (including phenoxy) is 1. The summed E-state index contributed by atoms with van der Waals surface area (Å²) in [4.78, 5) is 2.40. The van der Waals surface area contributed by atoms with E-state index in [1.54, 1.807) is 0 Å². The SMILES string of the molecule is Cc1cccc(CN2CCO[C@@H]2c2ccn(-c3ccccc3Br)c2)c1. The molecule has 0 spiro atoms. The molecule has 1 aliphatic rings. The van der Waals surface area contributed by atoms with E-state index >= 15 is 0 Å². The Labute approximate surface area is 157 Å². The number of benzene rings is 2. The Morgan fingerprint density at radius 2 is 2.00 bits per heavy atom. The van der Waals surface area contributed by atoms with E-state index in [4.69, 9.17) is 4.74 Å². The first-order valence-electron chi connectivity index (χ1n) is 8.55. The first-order chi connectivity index (χ1) is 12.2. The lowest BCUT2D eigenvalue weighted by Crippen LogP contribution is -2.23. The standard InChI is InChI=1S/C21H21BrN2O/c1-16-5-4-6-17(13-16)14-24-11-12-25-21(24)18-9-10-23(15-18)20-8-3-2-7-19(20)22/h2-10,13,15,21H,11-12,14H2,1H3/t21-/m1/s1. The highest BCUT2D eigenvalue weighted by Crippen LogP contribution is 2.30. The highest BCUT2D eigenvalue weighted by Gasteiger charge is 2.27. The van der Waals surface area contributed by atoms with E-state index in [2.05, 4.69) is 93.2 Å². The zero-order chi connectivity index (χ0) is 17.2. The van der Waals surface area contributed by atoms with Gasteiger partial charge in [-0.2, -0.15) is 0 Å². The summed E-state index contributed by atoms with van der Waals surface area (Å²) in [6, 6.07) is 19.1. The molecule has 0 radical (unpaired) electrons. The average molecular weight is 397 g/mol. The summed E-state index contributed by atoms with van der Waals surface area (Å²) in [7, 11) is 0. The fourth-order valence-corrected chi connectivity index (χ4v) is 3.88. The van der Waals surface area contributed by atoms with Crippen LogP contribution in [0.15, 0.2) is 71.5 Å². The van der Waals surface area contributed by atoms with E-state index in [1.807, 2.05) is 6.07 Å². The van der Waals surface area contributed by atoms with Gasteiger partial charge in [0.05, 0.1) is 12.3 Å². The Morgan fingerprint density at radius 1 is 1.12 bits per heavy atom. The summed E-state index contributed by atoms with van der Waals surface area (Å²) in [5.41, 5.74) is 4.97. The van der Waals surface area contributed by atoms with Gasteiger partial charge < -0.3 is 9.30 Å². The van der Waals surface area contributed by atoms with Crippen LogP contribution < -0.4 is 0 Å². The molecule has 1 atom stereocenters. The number of aromatic nitrogens is 1. The van der Waals surface area contributed by atoms with Crippen LogP contribution in [0.3, 0.4) is 0 Å². The van der Waals surface area contributed by atoms with Gasteiger partial charge in [0, 0.05) is 35.5 Å². The van der Waals surface area contributed by atoms with Crippen molar-refractivity contribution in [3.8, 4) is 5.69 Å². The molecule has 0 unspecified atom stereocenters. The van der Waals surface area contributed by atoms with Crippen LogP contribution in [0.25, 0.3) is 5.69 Å². The fourth-order valence-electron chi connectivity index (χ4n) is 3.39. The Bertz CT molecular complexity index is 874. The number of para-hydroxylation sites is 1. The molecule has 0 saturated carbocycles. The summed E-state index contributed by atoms with van der Waals surface area (Å²) >= 11 is 3.63. The molecule has 0 amide bonds. The van der Waals surface area contributed by atoms with Crippen molar-refractivity contribution in [1.82, 2.24) is 9.47 Å². The fraction of sp³-hybridized carbons (Fsp3) is 0.238. The Kier molecular flexibility index (Phi) is 4.75. The molecule has 1 aromatic heterocycles. The number of nitrogens with zero attached hydrogens (tertiary/aromatic N) is 2. The van der Waals surface area contributed by atoms with E-state index in [0.717, 1.165) is 29.9 Å². The van der Waals surface area contributed by atoms with Crippen molar-refractivity contribution in [2.75, 3.05) is 13.2 Å². The largest absolute Gasteiger partial charge is 0.357 e. The Hall–Kier alpha value is -1.88. The van der Waals surface area contributed by atoms with E-state index in [0.29, 0.717) is 0 Å². The number of hydrogen-bond acceptors (Lipinski definition) is 2. The van der Waals surface area contributed by atoms with Gasteiger partial charge in [0.15, 0.2) is 0 Å². The predicted molar refractivity (Wildman–Crippen MR) is 104 cm³/mol. The van der Waals surface area contributed by atoms with Crippen molar-refractivity contribution in [1.29, 1.82) is 0 Å². The molecule has 0 aliphatic carbocycles. The number of aryl methyl sites for hydroxylation is 1. The average Bonchev–Trinajstić information content (AvgIpc) is 3.24. The smallest absolute Gasteiger partial charge is 0.138 e. The van der Waals surface area contributed by atoms with Crippen LogP contribution in [0.1, 0.15) is 22.9 Å². The molecule has 1 fully saturated rings. The van der Waals surface area contributed by atoms with Crippen molar-refractivity contribution in [3.05, 3.63) is 88.2 Å². The number of hydrogen-bond donors (Lipinski definition) is 0. The lowest BCUT2D eigenvalue weighted by Gasteiger charge is -2.22. The maximum Gasteiger partial charge on any atom is 0.138 e. The molecule has 2 aromatic carbocycles. The summed E-state index contributed by atoms with van der Waals surface area (Å²) in [6.45, 7) is 4.78. The van der Waals surface area contributed by atoms with Crippen molar-refractivity contribution in [2.45, 2.75) is 19.7 Å². The van der Waals surface area contributed by atoms with Crippen LogP contribution in [-0.2, 0) is 11.3 Å². The lowest BCUT2D eigenvalue weighted by atomic mass is 10.1. The highest BCUT2D eigenvalue weighted by atomic mass is 79.9. The topological polar surface area (TPSA) is 17.4 Å². The van der Waals surface area contributed by atoms with Crippen molar-refractivity contribution < 1.29 is 4.74 Å². The molecule has 2 heterocycles. The molecule has 4 rings (SSSR count). The molecule has 25 heavy (non-hydrogen) atoms. The molecule has 3 nitrogen and oxygen atoms in total. The molecule has 4 heteroatoms. The first kappa shape index (κ1) is 16.6. The maximum atomic E-state index is 6.03. The molecule has 0 bridgehead atoms. The van der Waals surface area contributed by atoms with Gasteiger partial charge in [-0.3, -0.25) is 4.90 Å². The van der Waals surface area contributed by atoms with Crippen molar-refractivity contribution in [3.63, 3.8) is 0 Å². The highest BCUT2D eigenvalue weighted by molar-refractivity contribution is 9.10. The molecule has 0 N–H and O–H groups in total. The van der Waals surface area contributed by atoms with Gasteiger partial charge in [0.2, 0.25) is 0 Å². The van der Waals surface area contributed by atoms with Crippen LogP contribution in [0.5, 0.6) is 0 Å². The van der Waals surface area contributed by atoms with E-state index in [-0.39, 0.29) is 6.23 Å². The minimum Gasteiger partial charge on any atom is -0.357 e. The second kappa shape index (κ2) is 7.16. The quantitative estimate of drug-likeness (QED) is 0.611. The predicted octanol–water partition coefficient (Wildman–Crippen LogP) is 5.08. The van der Waals surface area contributed by atoms with E-state index in [9.17, 15) is 0 Å². The second-order valence-electron chi connectivity index (χ2n) is 6.49. The zero-order valence-corrected chi connectivity index (χ0v) is 15.8. The zero-order valence-electron chi connectivity index (χ0n) is 14.2. The van der Waals surface area contributed by atoms with Gasteiger partial charge in [0.25, 0.3) is 0 Å². The first-order valence-corrected chi connectivity index (χ1v) is 9.34. The Morgan fingerprint density at radius 3 is 2.84 bits per heavy atom. The third kappa shape index (κ3) is 3.56. The molecule has 128 valence electrons. The summed E-state index contributed by atoms with van der Waals surface area (Å²) in [5, 5.41) is 0. The number of rotatable bonds is 4. The van der Waals surface area contributed by atoms with E-state index in [1.165, 1.54) is 16.7 Å². The molecular formula is C21H21BrN2O. The van der Waals surface area contributed by atoms with Crippen LogP contribution >= 0.6 is 15.9 Å². The van der Waals surface area contributed by atoms with Crippen molar-refractivity contribution >= 4 is 15.9 Å². The van der Waals surface area contributed by atoms with Gasteiger partial charge >= 0.3 is 0 Å². The minimum absolute atomic E-state index is 0.0178. The Balaban J connectivity index is 1.56. The van der Waals surface area contributed by atoms with Gasteiger partial charge in [-0.15, -0.1) is 0 Å². The molecular weight excluding hydrogens is 376 g/mol. The molecule has 3 aromatic rings. The summed E-state index contributed by atoms with van der Waals surface area (Å²) < 4.78 is 9.26. The lowest BCUT2D eigenvalue weighted by molar-refractivity contribution is 0.0288. The minimum atomic E-state index is 0.0178. The van der Waals surface area contributed by atoms with Gasteiger partial charge in [-0.05, 0) is 46.6 Å². The summed E-state index contributed by atoms with van der Waals surface area (Å²) in [5.74, 6) is 0. The van der Waals surface area contributed by atoms with Crippen LogP contribution in [0, 0.1) is 6.92 Å². The third-order valence-electron chi connectivity index (χ3n) is 4.59.